The first-order valence-corrected chi connectivity index (χ1v) is 10.9. The zero-order chi connectivity index (χ0) is 22.0. The van der Waals surface area contributed by atoms with Gasteiger partial charge in [0.25, 0.3) is 21.5 Å². The Hall–Kier alpha value is -3.91. The van der Waals surface area contributed by atoms with Gasteiger partial charge >= 0.3 is 0 Å². The number of amides is 1. The molecule has 1 aromatic heterocycles. The second-order valence-corrected chi connectivity index (χ2v) is 8.57. The third-order valence-electron chi connectivity index (χ3n) is 4.87. The molecule has 3 aromatic carbocycles. The third-order valence-corrected chi connectivity index (χ3v) is 6.25. The lowest BCUT2D eigenvalue weighted by Gasteiger charge is -2.15. The first-order valence-electron chi connectivity index (χ1n) is 9.44. The summed E-state index contributed by atoms with van der Waals surface area (Å²) < 4.78 is 29.4. The second kappa shape index (κ2) is 8.08. The fraction of sp³-hybridized carbons (Fsp3) is 0.0435. The molecule has 0 bridgehead atoms. The SMILES string of the molecule is Cn1c(=O)cc(C(=O)Nc2ccccc2NS(=O)(=O)c2ccccc2)c2ccccc21. The number of benzene rings is 3. The van der Waals surface area contributed by atoms with E-state index in [2.05, 4.69) is 10.0 Å². The van der Waals surface area contributed by atoms with Crippen LogP contribution in [0.25, 0.3) is 10.9 Å². The van der Waals surface area contributed by atoms with Gasteiger partial charge in [-0.15, -0.1) is 0 Å². The van der Waals surface area contributed by atoms with Crippen LogP contribution >= 0.6 is 0 Å². The lowest BCUT2D eigenvalue weighted by Crippen LogP contribution is -2.22. The lowest BCUT2D eigenvalue weighted by atomic mass is 10.1. The molecule has 0 aliphatic rings. The maximum atomic E-state index is 13.0. The number of nitrogens with one attached hydrogen (secondary N) is 2. The largest absolute Gasteiger partial charge is 0.320 e. The van der Waals surface area contributed by atoms with Gasteiger partial charge < -0.3 is 9.88 Å². The minimum Gasteiger partial charge on any atom is -0.320 e. The Labute approximate surface area is 179 Å². The van der Waals surface area contributed by atoms with Crippen LogP contribution in [0.2, 0.25) is 0 Å². The molecule has 8 heteroatoms. The van der Waals surface area contributed by atoms with Crippen LogP contribution in [-0.4, -0.2) is 18.9 Å². The Morgan fingerprint density at radius 2 is 1.45 bits per heavy atom. The smallest absolute Gasteiger partial charge is 0.261 e. The molecule has 0 saturated heterocycles. The summed E-state index contributed by atoms with van der Waals surface area (Å²) in [7, 11) is -2.20. The van der Waals surface area contributed by atoms with Crippen LogP contribution in [0.15, 0.2) is 94.6 Å². The number of pyridine rings is 1. The van der Waals surface area contributed by atoms with Crippen molar-refractivity contribution in [2.45, 2.75) is 4.90 Å². The van der Waals surface area contributed by atoms with Gasteiger partial charge in [-0.05, 0) is 30.3 Å². The molecule has 1 heterocycles. The number of hydrogen-bond donors (Lipinski definition) is 2. The number of fused-ring (bicyclic) bond motifs is 1. The topological polar surface area (TPSA) is 97.3 Å². The lowest BCUT2D eigenvalue weighted by molar-refractivity contribution is 0.102. The van der Waals surface area contributed by atoms with Gasteiger partial charge in [-0.3, -0.25) is 14.3 Å². The van der Waals surface area contributed by atoms with Crippen molar-refractivity contribution in [2.75, 3.05) is 10.0 Å². The van der Waals surface area contributed by atoms with Gasteiger partial charge in [0.05, 0.1) is 27.4 Å². The van der Waals surface area contributed by atoms with Crippen LogP contribution < -0.4 is 15.6 Å². The van der Waals surface area contributed by atoms with Crippen LogP contribution in [0.4, 0.5) is 11.4 Å². The van der Waals surface area contributed by atoms with E-state index in [1.54, 1.807) is 73.8 Å². The van der Waals surface area contributed by atoms with E-state index < -0.39 is 15.9 Å². The normalized spacial score (nSPS) is 11.3. The highest BCUT2D eigenvalue weighted by molar-refractivity contribution is 7.92. The van der Waals surface area contributed by atoms with E-state index in [-0.39, 0.29) is 27.4 Å². The summed E-state index contributed by atoms with van der Waals surface area (Å²) in [6.07, 6.45) is 0. The molecule has 0 aliphatic heterocycles. The van der Waals surface area contributed by atoms with Gasteiger partial charge in [-0.1, -0.05) is 48.5 Å². The Balaban J connectivity index is 1.69. The number of carbonyl (C=O) groups is 1. The molecule has 4 aromatic rings. The zero-order valence-electron chi connectivity index (χ0n) is 16.6. The fourth-order valence-electron chi connectivity index (χ4n) is 3.27. The molecule has 0 radical (unpaired) electrons. The molecule has 0 saturated carbocycles. The molecule has 0 fully saturated rings. The number of rotatable bonds is 5. The van der Waals surface area contributed by atoms with Crippen LogP contribution in [-0.2, 0) is 17.1 Å². The maximum absolute atomic E-state index is 13.0. The van der Waals surface area contributed by atoms with E-state index in [9.17, 15) is 18.0 Å². The quantitative estimate of drug-likeness (QED) is 0.503. The molecular weight excluding hydrogens is 414 g/mol. The van der Waals surface area contributed by atoms with Gasteiger partial charge in [0, 0.05) is 18.5 Å². The summed E-state index contributed by atoms with van der Waals surface area (Å²) in [5.41, 5.74) is 1.00. The summed E-state index contributed by atoms with van der Waals surface area (Å²) in [6.45, 7) is 0. The van der Waals surface area contributed by atoms with E-state index in [1.165, 1.54) is 22.8 Å². The molecule has 0 atom stereocenters. The Morgan fingerprint density at radius 1 is 0.839 bits per heavy atom. The predicted octanol–water partition coefficient (Wildman–Crippen LogP) is 3.59. The number of nitrogens with zero attached hydrogens (tertiary/aromatic N) is 1. The minimum atomic E-state index is -3.84. The number of anilines is 2. The third kappa shape index (κ3) is 4.06. The van der Waals surface area contributed by atoms with Gasteiger partial charge in [0.2, 0.25) is 0 Å². The molecular formula is C23H19N3O4S. The Kier molecular flexibility index (Phi) is 5.31. The van der Waals surface area contributed by atoms with Crippen molar-refractivity contribution in [2.24, 2.45) is 7.05 Å². The van der Waals surface area contributed by atoms with Crippen LogP contribution in [0, 0.1) is 0 Å². The average molecular weight is 433 g/mol. The summed E-state index contributed by atoms with van der Waals surface area (Å²) >= 11 is 0. The van der Waals surface area contributed by atoms with E-state index in [4.69, 9.17) is 0 Å². The first kappa shape index (κ1) is 20.4. The van der Waals surface area contributed by atoms with Gasteiger partial charge in [-0.2, -0.15) is 0 Å². The van der Waals surface area contributed by atoms with Crippen molar-refractivity contribution >= 4 is 38.2 Å². The van der Waals surface area contributed by atoms with E-state index in [1.807, 2.05) is 0 Å². The number of aryl methyl sites for hydroxylation is 1. The van der Waals surface area contributed by atoms with Crippen molar-refractivity contribution in [1.29, 1.82) is 0 Å². The summed E-state index contributed by atoms with van der Waals surface area (Å²) in [4.78, 5) is 25.5. The molecule has 31 heavy (non-hydrogen) atoms. The number of para-hydroxylation sites is 3. The van der Waals surface area contributed by atoms with E-state index in [0.29, 0.717) is 10.9 Å². The number of carbonyl (C=O) groups excluding carboxylic acids is 1. The first-order chi connectivity index (χ1) is 14.9. The summed E-state index contributed by atoms with van der Waals surface area (Å²) in [6, 6.07) is 22.8. The van der Waals surface area contributed by atoms with Gasteiger partial charge in [0.15, 0.2) is 0 Å². The number of hydrogen-bond acceptors (Lipinski definition) is 4. The molecule has 7 nitrogen and oxygen atoms in total. The molecule has 0 spiro atoms. The second-order valence-electron chi connectivity index (χ2n) is 6.89. The zero-order valence-corrected chi connectivity index (χ0v) is 17.4. The highest BCUT2D eigenvalue weighted by Crippen LogP contribution is 2.26. The predicted molar refractivity (Wildman–Crippen MR) is 121 cm³/mol. The molecule has 4 rings (SSSR count). The number of sulfonamides is 1. The summed E-state index contributed by atoms with van der Waals surface area (Å²) in [5.74, 6) is -0.514. The monoisotopic (exact) mass is 433 g/mol. The molecule has 1 amide bonds. The van der Waals surface area contributed by atoms with Crippen molar-refractivity contribution in [3.63, 3.8) is 0 Å². The maximum Gasteiger partial charge on any atom is 0.261 e. The van der Waals surface area contributed by atoms with Crippen LogP contribution in [0.1, 0.15) is 10.4 Å². The highest BCUT2D eigenvalue weighted by atomic mass is 32.2. The van der Waals surface area contributed by atoms with E-state index >= 15 is 0 Å². The van der Waals surface area contributed by atoms with Crippen LogP contribution in [0.5, 0.6) is 0 Å². The van der Waals surface area contributed by atoms with E-state index in [0.717, 1.165) is 0 Å². The molecule has 0 aliphatic carbocycles. The molecule has 156 valence electrons. The summed E-state index contributed by atoms with van der Waals surface area (Å²) in [5, 5.41) is 3.34. The van der Waals surface area contributed by atoms with Crippen LogP contribution in [0.3, 0.4) is 0 Å². The average Bonchev–Trinajstić information content (AvgIpc) is 2.78. The molecule has 2 N–H and O–H groups in total. The highest BCUT2D eigenvalue weighted by Gasteiger charge is 2.18. The Bertz CT molecular complexity index is 1440. The van der Waals surface area contributed by atoms with Crippen molar-refractivity contribution in [3.8, 4) is 0 Å². The van der Waals surface area contributed by atoms with Gasteiger partial charge in [0.1, 0.15) is 0 Å². The van der Waals surface area contributed by atoms with Crippen molar-refractivity contribution in [1.82, 2.24) is 4.57 Å². The van der Waals surface area contributed by atoms with Gasteiger partial charge in [-0.25, -0.2) is 8.42 Å². The Morgan fingerprint density at radius 3 is 2.19 bits per heavy atom. The standard InChI is InChI=1S/C23H19N3O4S/c1-26-21-14-8-5-11-17(21)18(15-22(26)27)23(28)24-19-12-6-7-13-20(19)25-31(29,30)16-9-3-2-4-10-16/h2-15,25H,1H3,(H,24,28). The fourth-order valence-corrected chi connectivity index (χ4v) is 4.37. The molecule has 0 unspecified atom stereocenters. The van der Waals surface area contributed by atoms with Crippen molar-refractivity contribution < 1.29 is 13.2 Å². The van der Waals surface area contributed by atoms with Crippen molar-refractivity contribution in [3.05, 3.63) is 101 Å². The number of aromatic nitrogens is 1. The minimum absolute atomic E-state index is 0.105.